The Morgan fingerprint density at radius 2 is 2.04 bits per heavy atom. The van der Waals surface area contributed by atoms with Crippen LogP contribution in [0.1, 0.15) is 56.5 Å². The zero-order valence-electron chi connectivity index (χ0n) is 15.8. The molecule has 0 aliphatic heterocycles. The fourth-order valence-electron chi connectivity index (χ4n) is 2.81. The molecular formula is C20H30N6. The molecule has 2 heterocycles. The van der Waals surface area contributed by atoms with Crippen LogP contribution in [0.25, 0.3) is 5.70 Å². The van der Waals surface area contributed by atoms with Crippen LogP contribution in [-0.4, -0.2) is 21.0 Å². The van der Waals surface area contributed by atoms with Crippen molar-refractivity contribution >= 4 is 17.5 Å². The number of nitrogens with zero attached hydrogens (tertiary/aromatic N) is 3. The third kappa shape index (κ3) is 5.72. The molecule has 140 valence electrons. The minimum Gasteiger partial charge on any atom is -0.397 e. The van der Waals surface area contributed by atoms with E-state index in [0.717, 1.165) is 48.5 Å². The molecule has 0 amide bonds. The number of nitrogens with one attached hydrogen (secondary N) is 1. The van der Waals surface area contributed by atoms with Crippen molar-refractivity contribution in [2.24, 2.45) is 5.73 Å². The van der Waals surface area contributed by atoms with E-state index in [-0.39, 0.29) is 0 Å². The van der Waals surface area contributed by atoms with Gasteiger partial charge in [0.2, 0.25) is 5.95 Å². The molecule has 1 unspecified atom stereocenters. The maximum absolute atomic E-state index is 5.81. The largest absolute Gasteiger partial charge is 0.397 e. The number of anilines is 2. The smallest absolute Gasteiger partial charge is 0.221 e. The summed E-state index contributed by atoms with van der Waals surface area (Å²) in [6.07, 6.45) is 7.91. The average molecular weight is 355 g/mol. The summed E-state index contributed by atoms with van der Waals surface area (Å²) in [5.41, 5.74) is 14.8. The number of nitrogens with two attached hydrogens (primary N) is 2. The lowest BCUT2D eigenvalue weighted by Crippen LogP contribution is -2.21. The average Bonchev–Trinajstić information content (AvgIpc) is 2.64. The summed E-state index contributed by atoms with van der Waals surface area (Å²) in [5, 5.41) is 3.55. The highest BCUT2D eigenvalue weighted by Crippen LogP contribution is 2.19. The number of hydrogen-bond acceptors (Lipinski definition) is 6. The second kappa shape index (κ2) is 9.75. The van der Waals surface area contributed by atoms with Gasteiger partial charge in [0, 0.05) is 23.5 Å². The standard InChI is InChI=1S/C20H30N6/c1-4-6-8-16(5-2)25-19-15(13-23-20(22)26-19)11-12-17-9-7-10-18(24-17)14(3)21/h7,9-10,13,16H,3-6,8,11-12,21H2,1-2H3,(H3,22,23,25,26). The van der Waals surface area contributed by atoms with Gasteiger partial charge >= 0.3 is 0 Å². The summed E-state index contributed by atoms with van der Waals surface area (Å²) < 4.78 is 0. The molecule has 2 aromatic heterocycles. The van der Waals surface area contributed by atoms with Crippen LogP contribution < -0.4 is 16.8 Å². The van der Waals surface area contributed by atoms with Crippen molar-refractivity contribution in [1.29, 1.82) is 0 Å². The molecule has 0 bridgehead atoms. The molecular weight excluding hydrogens is 324 g/mol. The van der Waals surface area contributed by atoms with Gasteiger partial charge in [-0.25, -0.2) is 4.98 Å². The third-order valence-corrected chi connectivity index (χ3v) is 4.41. The monoisotopic (exact) mass is 354 g/mol. The van der Waals surface area contributed by atoms with E-state index in [9.17, 15) is 0 Å². The van der Waals surface area contributed by atoms with E-state index in [1.165, 1.54) is 12.8 Å². The minimum atomic E-state index is 0.293. The maximum Gasteiger partial charge on any atom is 0.221 e. The van der Waals surface area contributed by atoms with Crippen molar-refractivity contribution in [3.05, 3.63) is 47.9 Å². The predicted molar refractivity (Wildman–Crippen MR) is 109 cm³/mol. The summed E-state index contributed by atoms with van der Waals surface area (Å²) in [6.45, 7) is 8.14. The van der Waals surface area contributed by atoms with Crippen molar-refractivity contribution in [3.8, 4) is 0 Å². The van der Waals surface area contributed by atoms with Gasteiger partial charge in [-0.3, -0.25) is 4.98 Å². The van der Waals surface area contributed by atoms with Gasteiger partial charge in [-0.15, -0.1) is 0 Å². The van der Waals surface area contributed by atoms with E-state index in [0.29, 0.717) is 17.7 Å². The van der Waals surface area contributed by atoms with E-state index in [1.807, 2.05) is 24.4 Å². The molecule has 0 radical (unpaired) electrons. The van der Waals surface area contributed by atoms with Crippen LogP contribution in [0, 0.1) is 0 Å². The highest BCUT2D eigenvalue weighted by molar-refractivity contribution is 5.56. The first-order valence-electron chi connectivity index (χ1n) is 9.32. The molecule has 6 heteroatoms. The van der Waals surface area contributed by atoms with Crippen LogP contribution >= 0.6 is 0 Å². The number of unbranched alkanes of at least 4 members (excludes halogenated alkanes) is 1. The Labute approximate surface area is 156 Å². The Morgan fingerprint density at radius 1 is 1.23 bits per heavy atom. The van der Waals surface area contributed by atoms with E-state index < -0.39 is 0 Å². The van der Waals surface area contributed by atoms with Gasteiger partial charge in [0.25, 0.3) is 0 Å². The Bertz CT molecular complexity index is 728. The molecule has 0 aliphatic carbocycles. The first kappa shape index (κ1) is 19.7. The second-order valence-electron chi connectivity index (χ2n) is 6.53. The SMILES string of the molecule is C=C(N)c1cccc(CCc2cnc(N)nc2NC(CC)CCCC)n1. The molecule has 0 saturated carbocycles. The highest BCUT2D eigenvalue weighted by Gasteiger charge is 2.12. The number of rotatable bonds is 10. The first-order chi connectivity index (χ1) is 12.5. The van der Waals surface area contributed by atoms with Crippen LogP contribution in [-0.2, 0) is 12.8 Å². The highest BCUT2D eigenvalue weighted by atomic mass is 15.1. The van der Waals surface area contributed by atoms with Crippen LogP contribution in [0.3, 0.4) is 0 Å². The number of pyridine rings is 1. The topological polar surface area (TPSA) is 103 Å². The lowest BCUT2D eigenvalue weighted by atomic mass is 10.1. The Balaban J connectivity index is 2.11. The molecule has 5 N–H and O–H groups in total. The quantitative estimate of drug-likeness (QED) is 0.603. The van der Waals surface area contributed by atoms with Crippen LogP contribution in [0.4, 0.5) is 11.8 Å². The first-order valence-corrected chi connectivity index (χ1v) is 9.32. The fourth-order valence-corrected chi connectivity index (χ4v) is 2.81. The van der Waals surface area contributed by atoms with Gasteiger partial charge < -0.3 is 16.8 Å². The predicted octanol–water partition coefficient (Wildman–Crippen LogP) is 3.55. The molecule has 0 aromatic carbocycles. The van der Waals surface area contributed by atoms with Crippen LogP contribution in [0.15, 0.2) is 31.0 Å². The zero-order chi connectivity index (χ0) is 18.9. The molecule has 0 fully saturated rings. The summed E-state index contributed by atoms with van der Waals surface area (Å²) >= 11 is 0. The summed E-state index contributed by atoms with van der Waals surface area (Å²) in [4.78, 5) is 13.1. The van der Waals surface area contributed by atoms with Crippen molar-refractivity contribution < 1.29 is 0 Å². The zero-order valence-corrected chi connectivity index (χ0v) is 15.8. The molecule has 0 aliphatic rings. The van der Waals surface area contributed by atoms with E-state index in [1.54, 1.807) is 0 Å². The lowest BCUT2D eigenvalue weighted by Gasteiger charge is -2.19. The molecule has 2 rings (SSSR count). The van der Waals surface area contributed by atoms with Crippen molar-refractivity contribution in [3.63, 3.8) is 0 Å². The number of hydrogen-bond donors (Lipinski definition) is 3. The van der Waals surface area contributed by atoms with Gasteiger partial charge in [-0.1, -0.05) is 39.3 Å². The Morgan fingerprint density at radius 3 is 2.73 bits per heavy atom. The molecule has 6 nitrogen and oxygen atoms in total. The summed E-state index contributed by atoms with van der Waals surface area (Å²) in [6, 6.07) is 6.20. The molecule has 2 aromatic rings. The van der Waals surface area contributed by atoms with Gasteiger partial charge in [-0.05, 0) is 37.8 Å². The van der Waals surface area contributed by atoms with Gasteiger partial charge in [0.15, 0.2) is 0 Å². The van der Waals surface area contributed by atoms with Crippen molar-refractivity contribution in [2.45, 2.75) is 58.4 Å². The van der Waals surface area contributed by atoms with E-state index in [4.69, 9.17) is 11.5 Å². The maximum atomic E-state index is 5.81. The van der Waals surface area contributed by atoms with Crippen molar-refractivity contribution in [2.75, 3.05) is 11.1 Å². The van der Waals surface area contributed by atoms with Crippen molar-refractivity contribution in [1.82, 2.24) is 15.0 Å². The molecule has 0 saturated heterocycles. The Hall–Kier alpha value is -2.63. The van der Waals surface area contributed by atoms with Crippen LogP contribution in [0.2, 0.25) is 0 Å². The van der Waals surface area contributed by atoms with Gasteiger partial charge in [-0.2, -0.15) is 4.98 Å². The molecule has 1 atom stereocenters. The lowest BCUT2D eigenvalue weighted by molar-refractivity contribution is 0.590. The minimum absolute atomic E-state index is 0.293. The number of nitrogen functional groups attached to an aromatic ring is 1. The summed E-state index contributed by atoms with van der Waals surface area (Å²) in [7, 11) is 0. The summed E-state index contributed by atoms with van der Waals surface area (Å²) in [5.74, 6) is 1.13. The van der Waals surface area contributed by atoms with Gasteiger partial charge in [0.05, 0.1) is 11.4 Å². The number of aromatic nitrogens is 3. The van der Waals surface area contributed by atoms with Gasteiger partial charge in [0.1, 0.15) is 5.82 Å². The number of aryl methyl sites for hydroxylation is 2. The fraction of sp³-hybridized carbons (Fsp3) is 0.450. The second-order valence-corrected chi connectivity index (χ2v) is 6.53. The normalized spacial score (nSPS) is 11.9. The molecule has 26 heavy (non-hydrogen) atoms. The third-order valence-electron chi connectivity index (χ3n) is 4.41. The van der Waals surface area contributed by atoms with E-state index >= 15 is 0 Å². The van der Waals surface area contributed by atoms with Crippen LogP contribution in [0.5, 0.6) is 0 Å². The Kier molecular flexibility index (Phi) is 7.38. The molecule has 0 spiro atoms. The van der Waals surface area contributed by atoms with E-state index in [2.05, 4.69) is 40.7 Å².